The van der Waals surface area contributed by atoms with Crippen molar-refractivity contribution in [3.8, 4) is 0 Å². The lowest BCUT2D eigenvalue weighted by molar-refractivity contribution is -0.140. The summed E-state index contributed by atoms with van der Waals surface area (Å²) in [4.78, 5) is 28.7. The number of nitrogens with zero attached hydrogens (tertiary/aromatic N) is 3. The Morgan fingerprint density at radius 3 is 2.21 bits per heavy atom. The smallest absolute Gasteiger partial charge is 0.304 e. The van der Waals surface area contributed by atoms with Crippen LogP contribution in [0.3, 0.4) is 0 Å². The zero-order valence-electron chi connectivity index (χ0n) is 22.1. The van der Waals surface area contributed by atoms with E-state index in [4.69, 9.17) is 11.6 Å². The highest BCUT2D eigenvalue weighted by molar-refractivity contribution is 7.90. The zero-order chi connectivity index (χ0) is 28.6. The second kappa shape index (κ2) is 13.5. The van der Waals surface area contributed by atoms with E-state index in [0.29, 0.717) is 21.4 Å². The molecule has 1 N–H and O–H groups in total. The Kier molecular flexibility index (Phi) is 10.4. The molecule has 2 amide bonds. The van der Waals surface area contributed by atoms with Crippen LogP contribution in [0.15, 0.2) is 78.9 Å². The Morgan fingerprint density at radius 2 is 1.59 bits per heavy atom. The van der Waals surface area contributed by atoms with Crippen molar-refractivity contribution in [2.24, 2.45) is 0 Å². The molecular formula is C28H32ClFN4O4S. The van der Waals surface area contributed by atoms with Gasteiger partial charge < -0.3 is 10.2 Å². The van der Waals surface area contributed by atoms with E-state index in [1.54, 1.807) is 31.2 Å². The van der Waals surface area contributed by atoms with Crippen molar-refractivity contribution in [1.82, 2.24) is 14.5 Å². The summed E-state index contributed by atoms with van der Waals surface area (Å²) >= 11 is 6.19. The summed E-state index contributed by atoms with van der Waals surface area (Å²) in [5, 5.41) is 3.23. The van der Waals surface area contributed by atoms with Gasteiger partial charge in [-0.15, -0.1) is 0 Å². The maximum Gasteiger partial charge on any atom is 0.304 e. The molecule has 11 heteroatoms. The minimum atomic E-state index is -4.28. The van der Waals surface area contributed by atoms with Crippen LogP contribution in [-0.4, -0.2) is 62.7 Å². The quantitative estimate of drug-likeness (QED) is 0.356. The van der Waals surface area contributed by atoms with Crippen LogP contribution in [-0.2, 0) is 32.8 Å². The van der Waals surface area contributed by atoms with Gasteiger partial charge in [0.15, 0.2) is 0 Å². The summed E-state index contributed by atoms with van der Waals surface area (Å²) < 4.78 is 43.0. The number of rotatable bonds is 12. The Morgan fingerprint density at radius 1 is 0.949 bits per heavy atom. The predicted octanol–water partition coefficient (Wildman–Crippen LogP) is 3.87. The number of halogens is 2. The van der Waals surface area contributed by atoms with E-state index in [1.165, 1.54) is 37.2 Å². The molecular weight excluding hydrogens is 543 g/mol. The van der Waals surface area contributed by atoms with Gasteiger partial charge in [0.1, 0.15) is 18.4 Å². The highest BCUT2D eigenvalue weighted by Crippen LogP contribution is 2.24. The lowest BCUT2D eigenvalue weighted by Gasteiger charge is -2.34. The summed E-state index contributed by atoms with van der Waals surface area (Å²) in [7, 11) is -1.69. The molecule has 0 fully saturated rings. The monoisotopic (exact) mass is 574 g/mol. The van der Waals surface area contributed by atoms with E-state index in [0.717, 1.165) is 15.9 Å². The molecule has 0 aliphatic heterocycles. The predicted molar refractivity (Wildman–Crippen MR) is 151 cm³/mol. The minimum Gasteiger partial charge on any atom is -0.355 e. The van der Waals surface area contributed by atoms with Gasteiger partial charge in [-0.2, -0.15) is 12.7 Å². The third kappa shape index (κ3) is 7.78. The van der Waals surface area contributed by atoms with Crippen molar-refractivity contribution in [2.75, 3.05) is 31.5 Å². The SMILES string of the molecule is CCNC(=O)[C@@H](Cc1ccccc1)N(Cc1cccc(Cl)c1)C(=O)CN(c1ccccc1F)S(=O)(=O)N(C)C. The van der Waals surface area contributed by atoms with E-state index in [2.05, 4.69) is 5.32 Å². The molecule has 0 heterocycles. The van der Waals surface area contributed by atoms with Gasteiger partial charge in [-0.05, 0) is 42.3 Å². The van der Waals surface area contributed by atoms with E-state index < -0.39 is 40.4 Å². The average Bonchev–Trinajstić information content (AvgIpc) is 2.90. The van der Waals surface area contributed by atoms with Gasteiger partial charge in [-0.25, -0.2) is 8.70 Å². The summed E-state index contributed by atoms with van der Waals surface area (Å²) in [6, 6.07) is 20.4. The van der Waals surface area contributed by atoms with Gasteiger partial charge in [0.2, 0.25) is 11.8 Å². The molecule has 0 bridgehead atoms. The molecule has 39 heavy (non-hydrogen) atoms. The van der Waals surface area contributed by atoms with Crippen LogP contribution in [0.1, 0.15) is 18.1 Å². The molecule has 3 aromatic rings. The number of likely N-dealkylation sites (N-methyl/N-ethyl adjacent to an activating group) is 1. The fourth-order valence-corrected chi connectivity index (χ4v) is 5.31. The third-order valence-corrected chi connectivity index (χ3v) is 8.04. The molecule has 1 atom stereocenters. The molecule has 208 valence electrons. The first-order chi connectivity index (χ1) is 18.5. The number of hydrogen-bond donors (Lipinski definition) is 1. The first-order valence-corrected chi connectivity index (χ1v) is 14.1. The summed E-state index contributed by atoms with van der Waals surface area (Å²) in [6.07, 6.45) is 0.180. The Bertz CT molecular complexity index is 1390. The second-order valence-corrected chi connectivity index (χ2v) is 11.5. The molecule has 0 saturated heterocycles. The topological polar surface area (TPSA) is 90.0 Å². The highest BCUT2D eigenvalue weighted by Gasteiger charge is 2.35. The van der Waals surface area contributed by atoms with Gasteiger partial charge in [-0.3, -0.25) is 9.59 Å². The van der Waals surface area contributed by atoms with Crippen LogP contribution in [0.25, 0.3) is 0 Å². The fraction of sp³-hybridized carbons (Fsp3) is 0.286. The Labute approximate surface area is 234 Å². The molecule has 3 rings (SSSR count). The maximum atomic E-state index is 14.8. The largest absolute Gasteiger partial charge is 0.355 e. The van der Waals surface area contributed by atoms with Gasteiger partial charge >= 0.3 is 10.2 Å². The normalized spacial score (nSPS) is 12.2. The van der Waals surface area contributed by atoms with Gasteiger partial charge in [-0.1, -0.05) is 66.2 Å². The number of carbonyl (C=O) groups is 2. The average molecular weight is 575 g/mol. The number of carbonyl (C=O) groups excluding carboxylic acids is 2. The maximum absolute atomic E-state index is 14.8. The van der Waals surface area contributed by atoms with Crippen molar-refractivity contribution in [1.29, 1.82) is 0 Å². The number of amides is 2. The van der Waals surface area contributed by atoms with Crippen LogP contribution in [0.5, 0.6) is 0 Å². The van der Waals surface area contributed by atoms with Crippen LogP contribution in [0.2, 0.25) is 5.02 Å². The molecule has 0 aliphatic carbocycles. The van der Waals surface area contributed by atoms with Gasteiger partial charge in [0, 0.05) is 38.6 Å². The second-order valence-electron chi connectivity index (χ2n) is 9.00. The number of para-hydroxylation sites is 1. The summed E-state index contributed by atoms with van der Waals surface area (Å²) in [6.45, 7) is 1.34. The molecule has 0 aromatic heterocycles. The number of nitrogens with one attached hydrogen (secondary N) is 1. The van der Waals surface area contributed by atoms with Crippen molar-refractivity contribution < 1.29 is 22.4 Å². The van der Waals surface area contributed by atoms with E-state index >= 15 is 0 Å². The molecule has 3 aromatic carbocycles. The lowest BCUT2D eigenvalue weighted by Crippen LogP contribution is -2.54. The van der Waals surface area contributed by atoms with E-state index in [1.807, 2.05) is 30.3 Å². The third-order valence-electron chi connectivity index (χ3n) is 6.00. The van der Waals surface area contributed by atoms with Gasteiger partial charge in [0.05, 0.1) is 5.69 Å². The first kappa shape index (κ1) is 30.1. The molecule has 0 unspecified atom stereocenters. The zero-order valence-corrected chi connectivity index (χ0v) is 23.6. The minimum absolute atomic E-state index is 0.0266. The van der Waals surface area contributed by atoms with Crippen molar-refractivity contribution in [3.05, 3.63) is 101 Å². The van der Waals surface area contributed by atoms with Gasteiger partial charge in [0.25, 0.3) is 0 Å². The lowest BCUT2D eigenvalue weighted by atomic mass is 10.0. The molecule has 0 aliphatic rings. The highest BCUT2D eigenvalue weighted by atomic mass is 35.5. The van der Waals surface area contributed by atoms with Crippen molar-refractivity contribution >= 4 is 39.3 Å². The standard InChI is InChI=1S/C28H32ClFN4O4S/c1-4-31-28(36)26(18-21-11-6-5-7-12-21)33(19-22-13-10-14-23(29)17-22)27(35)20-34(39(37,38)32(2)3)25-16-9-8-15-24(25)30/h5-17,26H,4,18-20H2,1-3H3,(H,31,36)/t26-/m1/s1. The number of hydrogen-bond acceptors (Lipinski definition) is 4. The first-order valence-electron chi connectivity index (χ1n) is 12.3. The van der Waals surface area contributed by atoms with Crippen LogP contribution in [0, 0.1) is 5.82 Å². The Hall–Kier alpha value is -3.47. The van der Waals surface area contributed by atoms with Crippen molar-refractivity contribution in [2.45, 2.75) is 25.9 Å². The number of anilines is 1. The summed E-state index contributed by atoms with van der Waals surface area (Å²) in [5.74, 6) is -1.89. The van der Waals surface area contributed by atoms with E-state index in [-0.39, 0.29) is 18.7 Å². The van der Waals surface area contributed by atoms with Crippen molar-refractivity contribution in [3.63, 3.8) is 0 Å². The molecule has 0 saturated carbocycles. The molecule has 0 spiro atoms. The Balaban J connectivity index is 2.09. The van der Waals surface area contributed by atoms with Crippen LogP contribution >= 0.6 is 11.6 Å². The summed E-state index contributed by atoms with van der Waals surface area (Å²) in [5.41, 5.74) is 1.18. The van der Waals surface area contributed by atoms with E-state index in [9.17, 15) is 22.4 Å². The molecule has 8 nitrogen and oxygen atoms in total. The fourth-order valence-electron chi connectivity index (χ4n) is 4.03. The van der Waals surface area contributed by atoms with Crippen LogP contribution in [0.4, 0.5) is 10.1 Å². The molecule has 0 radical (unpaired) electrons. The number of benzene rings is 3. The van der Waals surface area contributed by atoms with Crippen LogP contribution < -0.4 is 9.62 Å².